The van der Waals surface area contributed by atoms with E-state index in [1.54, 1.807) is 0 Å². The van der Waals surface area contributed by atoms with E-state index in [1.807, 2.05) is 19.9 Å². The minimum atomic E-state index is -1.40. The van der Waals surface area contributed by atoms with Gasteiger partial charge < -0.3 is 0 Å². The fourth-order valence-corrected chi connectivity index (χ4v) is 1.80. The average molecular weight is 256 g/mol. The van der Waals surface area contributed by atoms with Crippen molar-refractivity contribution in [3.05, 3.63) is 41.2 Å². The van der Waals surface area contributed by atoms with Gasteiger partial charge in [0.25, 0.3) is 0 Å². The Bertz CT molecular complexity index is 412. The Morgan fingerprint density at radius 2 is 1.72 bits per heavy atom. The van der Waals surface area contributed by atoms with Crippen LogP contribution in [0.2, 0.25) is 0 Å². The summed E-state index contributed by atoms with van der Waals surface area (Å²) in [5, 5.41) is 0. The van der Waals surface area contributed by atoms with Crippen LogP contribution in [0, 0.1) is 23.4 Å². The molecular formula is C15H19F3. The van der Waals surface area contributed by atoms with Crippen molar-refractivity contribution in [1.29, 1.82) is 0 Å². The Morgan fingerprint density at radius 3 is 2.17 bits per heavy atom. The van der Waals surface area contributed by atoms with Crippen molar-refractivity contribution in [3.8, 4) is 0 Å². The first-order valence-corrected chi connectivity index (χ1v) is 6.35. The van der Waals surface area contributed by atoms with Gasteiger partial charge in [0, 0.05) is 0 Å². The molecule has 0 aliphatic rings. The van der Waals surface area contributed by atoms with E-state index >= 15 is 0 Å². The minimum Gasteiger partial charge on any atom is -0.204 e. The average Bonchev–Trinajstić information content (AvgIpc) is 2.34. The summed E-state index contributed by atoms with van der Waals surface area (Å²) < 4.78 is 39.4. The summed E-state index contributed by atoms with van der Waals surface area (Å²) >= 11 is 0. The van der Waals surface area contributed by atoms with Crippen LogP contribution in [0.5, 0.6) is 0 Å². The third kappa shape index (κ3) is 3.62. The zero-order valence-corrected chi connectivity index (χ0v) is 11.1. The SMILES string of the molecule is CCC/C(=C\C(C)CC)c1cc(F)c(F)c(F)c1. The molecule has 0 fully saturated rings. The van der Waals surface area contributed by atoms with Crippen LogP contribution in [-0.4, -0.2) is 0 Å². The lowest BCUT2D eigenvalue weighted by Crippen LogP contribution is -1.97. The third-order valence-corrected chi connectivity index (χ3v) is 3.00. The first-order chi connectivity index (χ1) is 8.49. The lowest BCUT2D eigenvalue weighted by atomic mass is 9.96. The molecule has 0 nitrogen and oxygen atoms in total. The highest BCUT2D eigenvalue weighted by molar-refractivity contribution is 5.65. The van der Waals surface area contributed by atoms with E-state index in [2.05, 4.69) is 6.92 Å². The fourth-order valence-electron chi connectivity index (χ4n) is 1.80. The molecule has 1 aromatic carbocycles. The Morgan fingerprint density at radius 1 is 1.17 bits per heavy atom. The summed E-state index contributed by atoms with van der Waals surface area (Å²) in [6.45, 7) is 6.10. The molecule has 1 unspecified atom stereocenters. The Hall–Kier alpha value is -1.25. The molecule has 0 saturated carbocycles. The standard InChI is InChI=1S/C15H19F3/c1-4-6-11(7-10(3)5-2)12-8-13(16)15(18)14(17)9-12/h7-10H,4-6H2,1-3H3/b11-7+. The van der Waals surface area contributed by atoms with E-state index in [-0.39, 0.29) is 0 Å². The molecule has 0 bridgehead atoms. The Labute approximate surface area is 107 Å². The summed E-state index contributed by atoms with van der Waals surface area (Å²) in [6.07, 6.45) is 4.58. The van der Waals surface area contributed by atoms with Crippen molar-refractivity contribution in [3.63, 3.8) is 0 Å². The number of hydrogen-bond acceptors (Lipinski definition) is 0. The monoisotopic (exact) mass is 256 g/mol. The predicted octanol–water partition coefficient (Wildman–Crippen LogP) is 5.33. The lowest BCUT2D eigenvalue weighted by Gasteiger charge is -2.11. The zero-order valence-electron chi connectivity index (χ0n) is 11.1. The van der Waals surface area contributed by atoms with Crippen LogP contribution in [0.25, 0.3) is 5.57 Å². The highest BCUT2D eigenvalue weighted by Gasteiger charge is 2.13. The maximum absolute atomic E-state index is 13.2. The third-order valence-electron chi connectivity index (χ3n) is 3.00. The molecule has 3 heteroatoms. The van der Waals surface area contributed by atoms with Crippen molar-refractivity contribution in [2.45, 2.75) is 40.0 Å². The van der Waals surface area contributed by atoms with Crippen molar-refractivity contribution in [2.24, 2.45) is 5.92 Å². The van der Waals surface area contributed by atoms with Gasteiger partial charge in [-0.25, -0.2) is 13.2 Å². The zero-order chi connectivity index (χ0) is 13.7. The van der Waals surface area contributed by atoms with Gasteiger partial charge in [-0.2, -0.15) is 0 Å². The highest BCUT2D eigenvalue weighted by Crippen LogP contribution is 2.25. The van der Waals surface area contributed by atoms with Gasteiger partial charge >= 0.3 is 0 Å². The van der Waals surface area contributed by atoms with Gasteiger partial charge in [-0.1, -0.05) is 39.7 Å². The number of hydrogen-bond donors (Lipinski definition) is 0. The Kier molecular flexibility index (Phi) is 5.45. The van der Waals surface area contributed by atoms with Gasteiger partial charge in [0.15, 0.2) is 17.5 Å². The van der Waals surface area contributed by atoms with Gasteiger partial charge in [-0.3, -0.25) is 0 Å². The molecule has 0 aliphatic heterocycles. The summed E-state index contributed by atoms with van der Waals surface area (Å²) in [7, 11) is 0. The molecule has 0 N–H and O–H groups in total. The van der Waals surface area contributed by atoms with Crippen LogP contribution in [0.3, 0.4) is 0 Å². The van der Waals surface area contributed by atoms with Crippen LogP contribution in [0.1, 0.15) is 45.6 Å². The van der Waals surface area contributed by atoms with Gasteiger partial charge in [-0.15, -0.1) is 0 Å². The summed E-state index contributed by atoms with van der Waals surface area (Å²) in [5.74, 6) is -3.33. The largest absolute Gasteiger partial charge is 0.204 e. The van der Waals surface area contributed by atoms with E-state index in [9.17, 15) is 13.2 Å². The molecule has 0 amide bonds. The van der Waals surface area contributed by atoms with Crippen LogP contribution in [0.15, 0.2) is 18.2 Å². The van der Waals surface area contributed by atoms with Crippen LogP contribution >= 0.6 is 0 Å². The summed E-state index contributed by atoms with van der Waals surface area (Å²) in [6, 6.07) is 2.14. The Balaban J connectivity index is 3.18. The lowest BCUT2D eigenvalue weighted by molar-refractivity contribution is 0.446. The van der Waals surface area contributed by atoms with E-state index in [4.69, 9.17) is 0 Å². The first-order valence-electron chi connectivity index (χ1n) is 6.35. The molecule has 0 aliphatic carbocycles. The highest BCUT2D eigenvalue weighted by atomic mass is 19.2. The number of halogens is 3. The molecule has 1 aromatic rings. The quantitative estimate of drug-likeness (QED) is 0.624. The maximum atomic E-state index is 13.2. The molecule has 1 rings (SSSR count). The van der Waals surface area contributed by atoms with Crippen molar-refractivity contribution in [1.82, 2.24) is 0 Å². The molecule has 18 heavy (non-hydrogen) atoms. The van der Waals surface area contributed by atoms with Crippen molar-refractivity contribution >= 4 is 5.57 Å². The molecule has 0 radical (unpaired) electrons. The van der Waals surface area contributed by atoms with E-state index in [0.29, 0.717) is 11.5 Å². The van der Waals surface area contributed by atoms with E-state index in [1.165, 1.54) is 0 Å². The number of allylic oxidation sites excluding steroid dienone is 2. The van der Waals surface area contributed by atoms with Crippen LogP contribution < -0.4 is 0 Å². The summed E-state index contributed by atoms with van der Waals surface area (Å²) in [5.41, 5.74) is 1.32. The summed E-state index contributed by atoms with van der Waals surface area (Å²) in [4.78, 5) is 0. The van der Waals surface area contributed by atoms with E-state index in [0.717, 1.165) is 37.0 Å². The second kappa shape index (κ2) is 6.62. The van der Waals surface area contributed by atoms with Crippen molar-refractivity contribution < 1.29 is 13.2 Å². The fraction of sp³-hybridized carbons (Fsp3) is 0.467. The normalized spacial score (nSPS) is 13.8. The van der Waals surface area contributed by atoms with Gasteiger partial charge in [0.05, 0.1) is 0 Å². The smallest absolute Gasteiger partial charge is 0.194 e. The minimum absolute atomic E-state index is 0.336. The second-order valence-corrected chi connectivity index (χ2v) is 4.58. The molecule has 0 spiro atoms. The molecule has 1 atom stereocenters. The number of benzene rings is 1. The van der Waals surface area contributed by atoms with Crippen molar-refractivity contribution in [2.75, 3.05) is 0 Å². The molecule has 0 heterocycles. The van der Waals surface area contributed by atoms with Crippen LogP contribution in [0.4, 0.5) is 13.2 Å². The van der Waals surface area contributed by atoms with Gasteiger partial charge in [-0.05, 0) is 35.6 Å². The van der Waals surface area contributed by atoms with E-state index < -0.39 is 17.5 Å². The number of rotatable bonds is 5. The first kappa shape index (κ1) is 14.8. The predicted molar refractivity (Wildman–Crippen MR) is 68.7 cm³/mol. The molecule has 0 aromatic heterocycles. The molecule has 0 saturated heterocycles. The maximum Gasteiger partial charge on any atom is 0.194 e. The molecule has 100 valence electrons. The van der Waals surface area contributed by atoms with Crippen LogP contribution in [-0.2, 0) is 0 Å². The topological polar surface area (TPSA) is 0 Å². The van der Waals surface area contributed by atoms with Gasteiger partial charge in [0.1, 0.15) is 0 Å². The van der Waals surface area contributed by atoms with Gasteiger partial charge in [0.2, 0.25) is 0 Å². The molecular weight excluding hydrogens is 237 g/mol. The second-order valence-electron chi connectivity index (χ2n) is 4.58.